The van der Waals surface area contributed by atoms with Gasteiger partial charge in [-0.3, -0.25) is 9.59 Å². The van der Waals surface area contributed by atoms with Gasteiger partial charge < -0.3 is 9.30 Å². The van der Waals surface area contributed by atoms with E-state index in [0.717, 1.165) is 17.2 Å². The predicted octanol–water partition coefficient (Wildman–Crippen LogP) is 2.65. The minimum atomic E-state index is -0.593. The van der Waals surface area contributed by atoms with Crippen LogP contribution >= 0.6 is 0 Å². The molecule has 0 bridgehead atoms. The highest BCUT2D eigenvalue weighted by atomic mass is 16.5. The summed E-state index contributed by atoms with van der Waals surface area (Å²) in [7, 11) is 1.40. The van der Waals surface area contributed by atoms with Crippen LogP contribution in [0.25, 0.3) is 10.9 Å². The highest BCUT2D eigenvalue weighted by Crippen LogP contribution is 2.24. The van der Waals surface area contributed by atoms with Crippen molar-refractivity contribution in [3.63, 3.8) is 0 Å². The maximum atomic E-state index is 11.7. The molecule has 0 unspecified atom stereocenters. The monoisotopic (exact) mass is 259 g/mol. The highest BCUT2D eigenvalue weighted by molar-refractivity contribution is 5.87. The molecule has 4 heteroatoms. The van der Waals surface area contributed by atoms with Gasteiger partial charge in [0.1, 0.15) is 6.29 Å². The third-order valence-electron chi connectivity index (χ3n) is 3.23. The van der Waals surface area contributed by atoms with Crippen molar-refractivity contribution in [2.24, 2.45) is 5.41 Å². The van der Waals surface area contributed by atoms with E-state index in [1.807, 2.05) is 42.8 Å². The second-order valence-corrected chi connectivity index (χ2v) is 5.26. The Bertz CT molecular complexity index is 625. The number of carbonyl (C=O) groups is 2. The largest absolute Gasteiger partial charge is 0.469 e. The van der Waals surface area contributed by atoms with E-state index in [9.17, 15) is 9.59 Å². The number of esters is 1. The third-order valence-corrected chi connectivity index (χ3v) is 3.23. The molecule has 1 heterocycles. The van der Waals surface area contributed by atoms with E-state index in [0.29, 0.717) is 12.1 Å². The Labute approximate surface area is 112 Å². The summed E-state index contributed by atoms with van der Waals surface area (Å²) in [6.45, 7) is 4.23. The fourth-order valence-electron chi connectivity index (χ4n) is 2.20. The zero-order chi connectivity index (χ0) is 14.0. The van der Waals surface area contributed by atoms with Crippen LogP contribution in [0.5, 0.6) is 0 Å². The van der Waals surface area contributed by atoms with Gasteiger partial charge >= 0.3 is 5.97 Å². The summed E-state index contributed by atoms with van der Waals surface area (Å²) < 4.78 is 6.81. The molecular formula is C15H17NO3. The molecule has 4 nitrogen and oxygen atoms in total. The first-order valence-corrected chi connectivity index (χ1v) is 6.10. The second-order valence-electron chi connectivity index (χ2n) is 5.26. The Hall–Kier alpha value is -2.10. The van der Waals surface area contributed by atoms with E-state index in [4.69, 9.17) is 4.74 Å². The molecule has 0 N–H and O–H groups in total. The van der Waals surface area contributed by atoms with Crippen molar-refractivity contribution >= 4 is 23.2 Å². The third kappa shape index (κ3) is 2.52. The van der Waals surface area contributed by atoms with Gasteiger partial charge in [0.2, 0.25) is 0 Å². The topological polar surface area (TPSA) is 48.3 Å². The van der Waals surface area contributed by atoms with Gasteiger partial charge in [-0.15, -0.1) is 0 Å². The quantitative estimate of drug-likeness (QED) is 0.626. The number of nitrogens with zero attached hydrogens (tertiary/aromatic N) is 1. The molecule has 1 aromatic heterocycles. The van der Waals surface area contributed by atoms with Crippen LogP contribution < -0.4 is 0 Å². The van der Waals surface area contributed by atoms with Gasteiger partial charge in [0.25, 0.3) is 0 Å². The lowest BCUT2D eigenvalue weighted by molar-refractivity contribution is -0.151. The van der Waals surface area contributed by atoms with Crippen LogP contribution in [0.15, 0.2) is 30.5 Å². The predicted molar refractivity (Wildman–Crippen MR) is 73.1 cm³/mol. The number of aldehydes is 1. The summed E-state index contributed by atoms with van der Waals surface area (Å²) in [5, 5.41) is 0.991. The lowest BCUT2D eigenvalue weighted by Gasteiger charge is -2.22. The lowest BCUT2D eigenvalue weighted by atomic mass is 9.93. The number of rotatable bonds is 4. The van der Waals surface area contributed by atoms with Gasteiger partial charge in [0.05, 0.1) is 12.5 Å². The van der Waals surface area contributed by atoms with Crippen LogP contribution in [0.2, 0.25) is 0 Å². The first-order valence-electron chi connectivity index (χ1n) is 6.10. The lowest BCUT2D eigenvalue weighted by Crippen LogP contribution is -2.30. The zero-order valence-electron chi connectivity index (χ0n) is 11.3. The number of carbonyl (C=O) groups excluding carboxylic acids is 2. The Morgan fingerprint density at radius 3 is 2.74 bits per heavy atom. The molecule has 0 aliphatic heterocycles. The molecule has 0 aliphatic carbocycles. The number of methoxy groups -OCH3 is 1. The molecule has 1 aromatic carbocycles. The average molecular weight is 259 g/mol. The average Bonchev–Trinajstić information content (AvgIpc) is 2.79. The van der Waals surface area contributed by atoms with Crippen molar-refractivity contribution < 1.29 is 14.3 Å². The molecule has 0 saturated carbocycles. The van der Waals surface area contributed by atoms with Crippen LogP contribution in [-0.4, -0.2) is 23.9 Å². The minimum absolute atomic E-state index is 0.237. The first kappa shape index (κ1) is 13.3. The number of hydrogen-bond acceptors (Lipinski definition) is 3. The van der Waals surface area contributed by atoms with Crippen LogP contribution in [0.1, 0.15) is 24.2 Å². The molecule has 0 aliphatic rings. The number of hydrogen-bond donors (Lipinski definition) is 0. The van der Waals surface area contributed by atoms with Crippen molar-refractivity contribution in [3.05, 3.63) is 36.0 Å². The summed E-state index contributed by atoms with van der Waals surface area (Å²) >= 11 is 0. The van der Waals surface area contributed by atoms with E-state index in [1.165, 1.54) is 7.11 Å². The minimum Gasteiger partial charge on any atom is -0.469 e. The van der Waals surface area contributed by atoms with Crippen molar-refractivity contribution in [1.29, 1.82) is 0 Å². The molecule has 0 fully saturated rings. The number of ether oxygens (including phenoxy) is 1. The fourth-order valence-corrected chi connectivity index (χ4v) is 2.20. The maximum Gasteiger partial charge on any atom is 0.313 e. The number of benzene rings is 1. The van der Waals surface area contributed by atoms with E-state index >= 15 is 0 Å². The van der Waals surface area contributed by atoms with Crippen LogP contribution in [0, 0.1) is 5.41 Å². The smallest absolute Gasteiger partial charge is 0.313 e. The molecule has 2 aromatic rings. The first-order chi connectivity index (χ1) is 8.97. The SMILES string of the molecule is COC(=O)C(C)(C)Cn1ccc2cc(C=O)ccc21. The van der Waals surface area contributed by atoms with E-state index < -0.39 is 5.41 Å². The summed E-state index contributed by atoms with van der Waals surface area (Å²) in [6.07, 6.45) is 2.75. The van der Waals surface area contributed by atoms with Gasteiger partial charge in [-0.1, -0.05) is 0 Å². The van der Waals surface area contributed by atoms with Gasteiger partial charge in [-0.05, 0) is 38.1 Å². The molecule has 0 amide bonds. The zero-order valence-corrected chi connectivity index (χ0v) is 11.3. The summed E-state index contributed by atoms with van der Waals surface area (Å²) in [6, 6.07) is 7.45. The van der Waals surface area contributed by atoms with Gasteiger partial charge in [0, 0.05) is 29.2 Å². The van der Waals surface area contributed by atoms with E-state index in [-0.39, 0.29) is 5.97 Å². The summed E-state index contributed by atoms with van der Waals surface area (Å²) in [5.74, 6) is -0.237. The molecule has 19 heavy (non-hydrogen) atoms. The van der Waals surface area contributed by atoms with Crippen molar-refractivity contribution in [1.82, 2.24) is 4.57 Å². The molecular weight excluding hydrogens is 242 g/mol. The highest BCUT2D eigenvalue weighted by Gasteiger charge is 2.29. The number of fused-ring (bicyclic) bond motifs is 1. The molecule has 0 radical (unpaired) electrons. The Morgan fingerprint density at radius 1 is 1.37 bits per heavy atom. The van der Waals surface area contributed by atoms with Gasteiger partial charge in [0.15, 0.2) is 0 Å². The summed E-state index contributed by atoms with van der Waals surface area (Å²) in [4.78, 5) is 22.5. The van der Waals surface area contributed by atoms with Crippen LogP contribution in [-0.2, 0) is 16.1 Å². The fraction of sp³-hybridized carbons (Fsp3) is 0.333. The van der Waals surface area contributed by atoms with E-state index in [1.54, 1.807) is 6.07 Å². The number of aromatic nitrogens is 1. The Balaban J connectivity index is 2.36. The maximum absolute atomic E-state index is 11.7. The Kier molecular flexibility index (Phi) is 3.42. The van der Waals surface area contributed by atoms with Crippen molar-refractivity contribution in [3.8, 4) is 0 Å². The normalized spacial score (nSPS) is 11.5. The molecule has 0 spiro atoms. The van der Waals surface area contributed by atoms with Gasteiger partial charge in [-0.2, -0.15) is 0 Å². The molecule has 0 saturated heterocycles. The van der Waals surface area contributed by atoms with Gasteiger partial charge in [-0.25, -0.2) is 0 Å². The standard InChI is InChI=1S/C15H17NO3/c1-15(2,14(18)19-3)10-16-7-6-12-8-11(9-17)4-5-13(12)16/h4-9H,10H2,1-3H3. The summed E-state index contributed by atoms with van der Waals surface area (Å²) in [5.41, 5.74) is 1.06. The van der Waals surface area contributed by atoms with Crippen molar-refractivity contribution in [2.45, 2.75) is 20.4 Å². The molecule has 2 rings (SSSR count). The van der Waals surface area contributed by atoms with E-state index in [2.05, 4.69) is 0 Å². The van der Waals surface area contributed by atoms with Crippen molar-refractivity contribution in [2.75, 3.05) is 7.11 Å². The van der Waals surface area contributed by atoms with Crippen LogP contribution in [0.3, 0.4) is 0 Å². The molecule has 100 valence electrons. The van der Waals surface area contributed by atoms with Crippen LogP contribution in [0.4, 0.5) is 0 Å². The Morgan fingerprint density at radius 2 is 2.11 bits per heavy atom. The molecule has 0 atom stereocenters. The second kappa shape index (κ2) is 4.88.